The zero-order valence-electron chi connectivity index (χ0n) is 12.1. The molecule has 8 heteroatoms. The van der Waals surface area contributed by atoms with E-state index in [9.17, 15) is 13.6 Å². The first-order valence-electron chi connectivity index (χ1n) is 6.50. The number of aromatic nitrogens is 1. The van der Waals surface area contributed by atoms with Gasteiger partial charge in [0.25, 0.3) is 0 Å². The Labute approximate surface area is 135 Å². The molecule has 1 aromatic heterocycles. The quantitative estimate of drug-likeness (QED) is 0.877. The summed E-state index contributed by atoms with van der Waals surface area (Å²) in [7, 11) is 0. The number of pyridine rings is 1. The van der Waals surface area contributed by atoms with E-state index in [0.717, 1.165) is 0 Å². The molecule has 5 nitrogen and oxygen atoms in total. The van der Waals surface area contributed by atoms with Crippen LogP contribution >= 0.6 is 11.6 Å². The fraction of sp³-hybridized carbons (Fsp3) is 0.200. The predicted molar refractivity (Wildman–Crippen MR) is 78.4 cm³/mol. The van der Waals surface area contributed by atoms with E-state index in [1.165, 1.54) is 12.3 Å². The first-order chi connectivity index (χ1) is 10.8. The molecule has 0 unspecified atom stereocenters. The summed E-state index contributed by atoms with van der Waals surface area (Å²) >= 11 is 5.95. The number of carboxylic acid groups (broad SMARTS) is 1. The molecule has 122 valence electrons. The van der Waals surface area contributed by atoms with E-state index in [2.05, 4.69) is 4.98 Å². The molecule has 0 atom stereocenters. The van der Waals surface area contributed by atoms with Gasteiger partial charge in [0.2, 0.25) is 5.88 Å². The van der Waals surface area contributed by atoms with Crippen LogP contribution < -0.4 is 9.47 Å². The molecule has 0 bridgehead atoms. The lowest BCUT2D eigenvalue weighted by Crippen LogP contribution is -2.07. The van der Waals surface area contributed by atoms with Crippen molar-refractivity contribution in [3.05, 3.63) is 46.6 Å². The number of halogens is 3. The van der Waals surface area contributed by atoms with Gasteiger partial charge in [-0.15, -0.1) is 0 Å². The third-order valence-corrected chi connectivity index (χ3v) is 2.87. The third kappa shape index (κ3) is 4.07. The van der Waals surface area contributed by atoms with Gasteiger partial charge in [-0.25, -0.2) is 18.6 Å². The Balaban J connectivity index is 2.29. The Morgan fingerprint density at radius 2 is 1.87 bits per heavy atom. The van der Waals surface area contributed by atoms with Gasteiger partial charge in [0.1, 0.15) is 10.8 Å². The van der Waals surface area contributed by atoms with Crippen molar-refractivity contribution in [2.45, 2.75) is 20.0 Å². The Morgan fingerprint density at radius 1 is 1.26 bits per heavy atom. The number of rotatable bonds is 5. The molecule has 0 amide bonds. The lowest BCUT2D eigenvalue weighted by atomic mass is 10.2. The van der Waals surface area contributed by atoms with Gasteiger partial charge < -0.3 is 14.6 Å². The van der Waals surface area contributed by atoms with Crippen molar-refractivity contribution in [2.75, 3.05) is 0 Å². The van der Waals surface area contributed by atoms with Crippen LogP contribution in [-0.4, -0.2) is 22.2 Å². The average Bonchev–Trinajstić information content (AvgIpc) is 2.45. The van der Waals surface area contributed by atoms with E-state index in [-0.39, 0.29) is 22.8 Å². The second-order valence-electron chi connectivity index (χ2n) is 4.80. The molecule has 0 spiro atoms. The fourth-order valence-corrected chi connectivity index (χ4v) is 1.87. The van der Waals surface area contributed by atoms with Gasteiger partial charge in [0.15, 0.2) is 17.4 Å². The van der Waals surface area contributed by atoms with Crippen LogP contribution in [0.5, 0.6) is 17.4 Å². The molecule has 2 rings (SSSR count). The number of carboxylic acids is 1. The molecule has 0 aliphatic carbocycles. The Hall–Kier alpha value is -2.41. The van der Waals surface area contributed by atoms with Gasteiger partial charge in [0.05, 0.1) is 17.9 Å². The Bertz CT molecular complexity index is 729. The summed E-state index contributed by atoms with van der Waals surface area (Å²) in [6.45, 7) is 3.58. The number of carbonyl (C=O) groups is 1. The van der Waals surface area contributed by atoms with Crippen LogP contribution in [0, 0.1) is 11.6 Å². The number of benzene rings is 1. The molecule has 0 fully saturated rings. The van der Waals surface area contributed by atoms with Crippen LogP contribution in [0.15, 0.2) is 24.4 Å². The monoisotopic (exact) mass is 343 g/mol. The summed E-state index contributed by atoms with van der Waals surface area (Å²) in [5.41, 5.74) is -0.524. The van der Waals surface area contributed by atoms with E-state index in [1.807, 2.05) is 0 Å². The highest BCUT2D eigenvalue weighted by molar-refractivity contribution is 6.31. The SMILES string of the molecule is CC(C)Oc1ncc(Oc2c(F)cc(C(=O)O)cc2F)cc1Cl. The molecule has 0 radical (unpaired) electrons. The maximum Gasteiger partial charge on any atom is 0.335 e. The van der Waals surface area contributed by atoms with Crippen LogP contribution in [0.4, 0.5) is 8.78 Å². The molecule has 1 heterocycles. The van der Waals surface area contributed by atoms with Crippen molar-refractivity contribution in [1.29, 1.82) is 0 Å². The molecule has 0 saturated carbocycles. The number of hydrogen-bond donors (Lipinski definition) is 1. The molecule has 23 heavy (non-hydrogen) atoms. The van der Waals surface area contributed by atoms with Crippen molar-refractivity contribution in [1.82, 2.24) is 4.98 Å². The minimum Gasteiger partial charge on any atom is -0.478 e. The predicted octanol–water partition coefficient (Wildman–Crippen LogP) is 4.29. The summed E-state index contributed by atoms with van der Waals surface area (Å²) in [6.07, 6.45) is 1.04. The number of ether oxygens (including phenoxy) is 2. The summed E-state index contributed by atoms with van der Waals surface area (Å²) in [5, 5.41) is 8.85. The first kappa shape index (κ1) is 17.0. The second-order valence-corrected chi connectivity index (χ2v) is 5.21. The molecular weight excluding hydrogens is 332 g/mol. The van der Waals surface area contributed by atoms with E-state index < -0.39 is 28.9 Å². The van der Waals surface area contributed by atoms with Crippen LogP contribution in [-0.2, 0) is 0 Å². The van der Waals surface area contributed by atoms with E-state index >= 15 is 0 Å². The van der Waals surface area contributed by atoms with Gasteiger partial charge >= 0.3 is 5.97 Å². The minimum absolute atomic E-state index is 0.0213. The maximum absolute atomic E-state index is 13.8. The molecule has 1 N–H and O–H groups in total. The summed E-state index contributed by atoms with van der Waals surface area (Å²) < 4.78 is 38.0. The topological polar surface area (TPSA) is 68.7 Å². The van der Waals surface area contributed by atoms with Crippen molar-refractivity contribution >= 4 is 17.6 Å². The van der Waals surface area contributed by atoms with Crippen LogP contribution in [0.1, 0.15) is 24.2 Å². The van der Waals surface area contributed by atoms with Crippen LogP contribution in [0.2, 0.25) is 5.02 Å². The molecule has 2 aromatic rings. The number of aromatic carboxylic acids is 1. The van der Waals surface area contributed by atoms with Gasteiger partial charge in [-0.05, 0) is 26.0 Å². The molecule has 0 aliphatic heterocycles. The fourth-order valence-electron chi connectivity index (χ4n) is 1.67. The number of hydrogen-bond acceptors (Lipinski definition) is 4. The van der Waals surface area contributed by atoms with E-state index in [0.29, 0.717) is 12.1 Å². The van der Waals surface area contributed by atoms with Gasteiger partial charge in [-0.2, -0.15) is 0 Å². The standard InChI is InChI=1S/C15H12ClF2NO4/c1-7(2)22-14-10(16)5-9(6-19-14)23-13-11(17)3-8(15(20)21)4-12(13)18/h3-7H,1-2H3,(H,20,21). The normalized spacial score (nSPS) is 10.7. The number of nitrogens with zero attached hydrogens (tertiary/aromatic N) is 1. The zero-order valence-corrected chi connectivity index (χ0v) is 12.9. The van der Waals surface area contributed by atoms with Crippen molar-refractivity contribution in [3.63, 3.8) is 0 Å². The minimum atomic E-state index is -1.45. The molecule has 0 saturated heterocycles. The van der Waals surface area contributed by atoms with Gasteiger partial charge in [0, 0.05) is 6.07 Å². The highest BCUT2D eigenvalue weighted by atomic mass is 35.5. The summed E-state index contributed by atoms with van der Waals surface area (Å²) in [6, 6.07) is 2.61. The van der Waals surface area contributed by atoms with E-state index in [4.69, 9.17) is 26.2 Å². The van der Waals surface area contributed by atoms with Crippen molar-refractivity contribution in [2.24, 2.45) is 0 Å². The smallest absolute Gasteiger partial charge is 0.335 e. The van der Waals surface area contributed by atoms with Crippen molar-refractivity contribution < 1.29 is 28.2 Å². The maximum atomic E-state index is 13.8. The molecular formula is C15H12ClF2NO4. The third-order valence-electron chi connectivity index (χ3n) is 2.59. The summed E-state index contributed by atoms with van der Waals surface area (Å²) in [4.78, 5) is 14.6. The highest BCUT2D eigenvalue weighted by Crippen LogP contribution is 2.32. The van der Waals surface area contributed by atoms with Crippen LogP contribution in [0.25, 0.3) is 0 Å². The zero-order chi connectivity index (χ0) is 17.1. The second kappa shape index (κ2) is 6.78. The molecule has 1 aromatic carbocycles. The van der Waals surface area contributed by atoms with Gasteiger partial charge in [-0.3, -0.25) is 0 Å². The lowest BCUT2D eigenvalue weighted by molar-refractivity contribution is 0.0695. The Morgan fingerprint density at radius 3 is 2.35 bits per heavy atom. The van der Waals surface area contributed by atoms with Crippen molar-refractivity contribution in [3.8, 4) is 17.4 Å². The summed E-state index contributed by atoms with van der Waals surface area (Å²) in [5.74, 6) is -4.36. The van der Waals surface area contributed by atoms with E-state index in [1.54, 1.807) is 13.8 Å². The molecule has 0 aliphatic rings. The lowest BCUT2D eigenvalue weighted by Gasteiger charge is -2.12. The van der Waals surface area contributed by atoms with Gasteiger partial charge in [-0.1, -0.05) is 11.6 Å². The average molecular weight is 344 g/mol. The highest BCUT2D eigenvalue weighted by Gasteiger charge is 2.17. The largest absolute Gasteiger partial charge is 0.478 e. The Kier molecular flexibility index (Phi) is 5.00. The van der Waals surface area contributed by atoms with Crippen LogP contribution in [0.3, 0.4) is 0 Å². The first-order valence-corrected chi connectivity index (χ1v) is 6.88.